The van der Waals surface area contributed by atoms with Crippen LogP contribution in [0.15, 0.2) is 54.9 Å². The fourth-order valence-electron chi connectivity index (χ4n) is 4.59. The largest absolute Gasteiger partial charge is 0.494 e. The van der Waals surface area contributed by atoms with Gasteiger partial charge in [0.05, 0.1) is 36.3 Å². The average Bonchev–Trinajstić information content (AvgIpc) is 3.33. The molecule has 4 aromatic rings. The number of fused-ring (bicyclic) bond motifs is 1. The molecule has 1 fully saturated rings. The van der Waals surface area contributed by atoms with E-state index in [9.17, 15) is 0 Å². The summed E-state index contributed by atoms with van der Waals surface area (Å²) in [6, 6.07) is 14.6. The predicted octanol–water partition coefficient (Wildman–Crippen LogP) is 4.58. The highest BCUT2D eigenvalue weighted by atomic mass is 35.5. The fourth-order valence-corrected chi connectivity index (χ4v) is 4.79. The molecule has 0 amide bonds. The van der Waals surface area contributed by atoms with Gasteiger partial charge in [0.15, 0.2) is 0 Å². The molecule has 182 valence electrons. The van der Waals surface area contributed by atoms with Gasteiger partial charge in [0.25, 0.3) is 0 Å². The van der Waals surface area contributed by atoms with Crippen LogP contribution in [0.25, 0.3) is 22.2 Å². The number of benzene rings is 2. The van der Waals surface area contributed by atoms with E-state index in [1.807, 2.05) is 42.6 Å². The van der Waals surface area contributed by atoms with Gasteiger partial charge in [0, 0.05) is 60.1 Å². The lowest BCUT2D eigenvalue weighted by atomic mass is 10.0. The van der Waals surface area contributed by atoms with Crippen molar-refractivity contribution in [2.24, 2.45) is 0 Å². The second-order valence-electron chi connectivity index (χ2n) is 8.59. The van der Waals surface area contributed by atoms with Crippen molar-refractivity contribution in [1.29, 1.82) is 0 Å². The second kappa shape index (κ2) is 10.5. The summed E-state index contributed by atoms with van der Waals surface area (Å²) in [5.41, 5.74) is 4.51. The van der Waals surface area contributed by atoms with Crippen LogP contribution in [0, 0.1) is 0 Å². The van der Waals surface area contributed by atoms with Crippen LogP contribution in [-0.2, 0) is 0 Å². The molecule has 0 atom stereocenters. The Morgan fingerprint density at radius 1 is 1.20 bits per heavy atom. The summed E-state index contributed by atoms with van der Waals surface area (Å²) in [4.78, 5) is 14.7. The number of rotatable bonds is 8. The molecule has 1 aliphatic rings. The molecule has 0 bridgehead atoms. The number of para-hydroxylation sites is 1. The number of halogens is 1. The summed E-state index contributed by atoms with van der Waals surface area (Å²) in [5.74, 6) is 1.16. The molecule has 4 N–H and O–H groups in total. The van der Waals surface area contributed by atoms with Gasteiger partial charge < -0.3 is 30.4 Å². The number of aliphatic hydroxyl groups is 1. The van der Waals surface area contributed by atoms with E-state index in [1.165, 1.54) is 0 Å². The Hall–Kier alpha value is -3.33. The van der Waals surface area contributed by atoms with Crippen molar-refractivity contribution in [2.75, 3.05) is 43.6 Å². The minimum atomic E-state index is 0.173. The van der Waals surface area contributed by atoms with Gasteiger partial charge in [0.1, 0.15) is 5.75 Å². The smallest absolute Gasteiger partial charge is 0.227 e. The molecule has 0 radical (unpaired) electrons. The molecule has 2 aromatic heterocycles. The summed E-state index contributed by atoms with van der Waals surface area (Å²) in [6.07, 6.45) is 5.61. The van der Waals surface area contributed by atoms with E-state index in [4.69, 9.17) is 26.4 Å². The Morgan fingerprint density at radius 2 is 2.03 bits per heavy atom. The summed E-state index contributed by atoms with van der Waals surface area (Å²) >= 11 is 6.48. The van der Waals surface area contributed by atoms with Crippen molar-refractivity contribution in [2.45, 2.75) is 18.9 Å². The number of methoxy groups -OCH3 is 1. The van der Waals surface area contributed by atoms with Gasteiger partial charge in [0.2, 0.25) is 5.95 Å². The van der Waals surface area contributed by atoms with E-state index in [0.29, 0.717) is 29.3 Å². The first-order chi connectivity index (χ1) is 17.2. The zero-order valence-electron chi connectivity index (χ0n) is 19.6. The SMILES string of the molecule is COc1cc(N2CCC(NCCO)CC2)ccc1Nc1ncc(Cl)c(-c2c[nH]c3ccccc23)n1. The molecule has 0 unspecified atom stereocenters. The first kappa shape index (κ1) is 23.4. The van der Waals surface area contributed by atoms with Crippen molar-refractivity contribution in [3.05, 3.63) is 59.9 Å². The van der Waals surface area contributed by atoms with Gasteiger partial charge in [-0.05, 0) is 31.0 Å². The number of ether oxygens (including phenoxy) is 1. The van der Waals surface area contributed by atoms with E-state index in [1.54, 1.807) is 13.3 Å². The Bertz CT molecular complexity index is 1300. The van der Waals surface area contributed by atoms with Crippen molar-refractivity contribution in [1.82, 2.24) is 20.3 Å². The average molecular weight is 493 g/mol. The van der Waals surface area contributed by atoms with Crippen LogP contribution >= 0.6 is 11.6 Å². The summed E-state index contributed by atoms with van der Waals surface area (Å²) in [7, 11) is 1.66. The summed E-state index contributed by atoms with van der Waals surface area (Å²) < 4.78 is 5.69. The normalized spacial score (nSPS) is 14.4. The summed E-state index contributed by atoms with van der Waals surface area (Å²) in [6.45, 7) is 2.72. The number of hydrogen-bond acceptors (Lipinski definition) is 7. The number of aromatic amines is 1. The Balaban J connectivity index is 1.35. The number of nitrogens with one attached hydrogen (secondary N) is 3. The Labute approximate surface area is 209 Å². The lowest BCUT2D eigenvalue weighted by Crippen LogP contribution is -2.43. The standard InChI is InChI=1S/C26H29ClN6O2/c1-35-24-14-18(33-11-8-17(9-12-33)28-10-13-34)6-7-23(24)31-26-30-16-21(27)25(32-26)20-15-29-22-5-3-2-4-19(20)22/h2-7,14-17,28-29,34H,8-13H2,1H3,(H,30,31,32). The molecule has 0 aliphatic carbocycles. The minimum absolute atomic E-state index is 0.173. The topological polar surface area (TPSA) is 98.3 Å². The van der Waals surface area contributed by atoms with Gasteiger partial charge in [-0.15, -0.1) is 0 Å². The maximum Gasteiger partial charge on any atom is 0.227 e. The van der Waals surface area contributed by atoms with Crippen molar-refractivity contribution >= 4 is 39.8 Å². The molecule has 0 saturated carbocycles. The third-order valence-corrected chi connectivity index (χ3v) is 6.70. The maximum atomic E-state index is 9.03. The fraction of sp³-hybridized carbons (Fsp3) is 0.308. The number of aliphatic hydroxyl groups excluding tert-OH is 1. The van der Waals surface area contributed by atoms with E-state index in [2.05, 4.69) is 31.6 Å². The quantitative estimate of drug-likeness (QED) is 0.286. The molecule has 2 aromatic carbocycles. The number of H-pyrrole nitrogens is 1. The molecule has 1 saturated heterocycles. The van der Waals surface area contributed by atoms with Gasteiger partial charge >= 0.3 is 0 Å². The predicted molar refractivity (Wildman–Crippen MR) is 141 cm³/mol. The highest BCUT2D eigenvalue weighted by Crippen LogP contribution is 2.35. The molecular formula is C26H29ClN6O2. The van der Waals surface area contributed by atoms with Crippen LogP contribution in [0.2, 0.25) is 5.02 Å². The highest BCUT2D eigenvalue weighted by Gasteiger charge is 2.20. The minimum Gasteiger partial charge on any atom is -0.494 e. The van der Waals surface area contributed by atoms with Crippen LogP contribution in [-0.4, -0.2) is 59.5 Å². The molecule has 0 spiro atoms. The first-order valence-corrected chi connectivity index (χ1v) is 12.2. The lowest BCUT2D eigenvalue weighted by molar-refractivity contribution is 0.277. The van der Waals surface area contributed by atoms with Crippen LogP contribution < -0.4 is 20.3 Å². The van der Waals surface area contributed by atoms with E-state index < -0.39 is 0 Å². The third-order valence-electron chi connectivity index (χ3n) is 6.42. The van der Waals surface area contributed by atoms with Crippen LogP contribution in [0.5, 0.6) is 5.75 Å². The first-order valence-electron chi connectivity index (χ1n) is 11.8. The number of aromatic nitrogens is 3. The van der Waals surface area contributed by atoms with Gasteiger partial charge in [-0.1, -0.05) is 29.8 Å². The molecule has 8 nitrogen and oxygen atoms in total. The number of piperidine rings is 1. The summed E-state index contributed by atoms with van der Waals surface area (Å²) in [5, 5.41) is 17.3. The molecule has 1 aliphatic heterocycles. The number of hydrogen-bond donors (Lipinski definition) is 4. The lowest BCUT2D eigenvalue weighted by Gasteiger charge is -2.34. The third kappa shape index (κ3) is 5.05. The van der Waals surface area contributed by atoms with E-state index in [-0.39, 0.29) is 6.61 Å². The molecule has 3 heterocycles. The zero-order valence-corrected chi connectivity index (χ0v) is 20.3. The monoisotopic (exact) mass is 492 g/mol. The van der Waals surface area contributed by atoms with E-state index >= 15 is 0 Å². The van der Waals surface area contributed by atoms with Crippen molar-refractivity contribution in [3.63, 3.8) is 0 Å². The molecule has 5 rings (SSSR count). The maximum absolute atomic E-state index is 9.03. The van der Waals surface area contributed by atoms with Crippen LogP contribution in [0.3, 0.4) is 0 Å². The molecule has 9 heteroatoms. The van der Waals surface area contributed by atoms with Crippen molar-refractivity contribution < 1.29 is 9.84 Å². The Morgan fingerprint density at radius 3 is 2.83 bits per heavy atom. The number of nitrogens with zero attached hydrogens (tertiary/aromatic N) is 3. The molecular weight excluding hydrogens is 464 g/mol. The van der Waals surface area contributed by atoms with Crippen molar-refractivity contribution in [3.8, 4) is 17.0 Å². The second-order valence-corrected chi connectivity index (χ2v) is 8.99. The van der Waals surface area contributed by atoms with Gasteiger partial charge in [-0.25, -0.2) is 9.97 Å². The van der Waals surface area contributed by atoms with Gasteiger partial charge in [-0.3, -0.25) is 0 Å². The highest BCUT2D eigenvalue weighted by molar-refractivity contribution is 6.33. The Kier molecular flexibility index (Phi) is 7.03. The number of anilines is 3. The van der Waals surface area contributed by atoms with Crippen LogP contribution in [0.1, 0.15) is 12.8 Å². The van der Waals surface area contributed by atoms with E-state index in [0.717, 1.165) is 59.5 Å². The zero-order chi connectivity index (χ0) is 24.2. The van der Waals surface area contributed by atoms with Crippen LogP contribution in [0.4, 0.5) is 17.3 Å². The molecule has 35 heavy (non-hydrogen) atoms. The van der Waals surface area contributed by atoms with Gasteiger partial charge in [-0.2, -0.15) is 0 Å².